The van der Waals surface area contributed by atoms with Crippen LogP contribution in [0, 0.1) is 11.3 Å². The molecule has 1 fully saturated rings. The van der Waals surface area contributed by atoms with Gasteiger partial charge in [-0.15, -0.1) is 13.2 Å². The van der Waals surface area contributed by atoms with Gasteiger partial charge < -0.3 is 14.4 Å². The fraction of sp³-hybridized carbons (Fsp3) is 0.476. The Bertz CT molecular complexity index is 981. The molecule has 1 aromatic heterocycles. The lowest BCUT2D eigenvalue weighted by Gasteiger charge is -2.33. The zero-order chi connectivity index (χ0) is 22.8. The van der Waals surface area contributed by atoms with Crippen molar-refractivity contribution in [2.24, 2.45) is 0 Å². The lowest BCUT2D eigenvalue weighted by molar-refractivity contribution is -0.274. The quantitative estimate of drug-likeness (QED) is 0.684. The predicted molar refractivity (Wildman–Crippen MR) is 105 cm³/mol. The highest BCUT2D eigenvalue weighted by Gasteiger charge is 2.31. The number of hydrogen-bond acceptors (Lipinski definition) is 5. The van der Waals surface area contributed by atoms with Crippen LogP contribution in [0.1, 0.15) is 45.2 Å². The van der Waals surface area contributed by atoms with Gasteiger partial charge in [-0.05, 0) is 51.8 Å². The van der Waals surface area contributed by atoms with Crippen molar-refractivity contribution in [2.75, 3.05) is 13.1 Å². The molecule has 0 unspecified atom stereocenters. The monoisotopic (exact) mass is 436 g/mol. The molecule has 3 rings (SSSR count). The Kier molecular flexibility index (Phi) is 6.15. The molecule has 1 amide bonds. The molecular weight excluding hydrogens is 413 g/mol. The highest BCUT2D eigenvalue weighted by molar-refractivity contribution is 5.71. The minimum atomic E-state index is -4.82. The molecule has 0 bridgehead atoms. The van der Waals surface area contributed by atoms with Crippen molar-refractivity contribution in [3.05, 3.63) is 36.2 Å². The van der Waals surface area contributed by atoms with Gasteiger partial charge in [0, 0.05) is 30.4 Å². The van der Waals surface area contributed by atoms with Crippen LogP contribution in [-0.2, 0) is 4.74 Å². The number of ether oxygens (including phenoxy) is 2. The third-order valence-corrected chi connectivity index (χ3v) is 4.75. The van der Waals surface area contributed by atoms with Gasteiger partial charge in [-0.3, -0.25) is 4.68 Å². The number of halogens is 3. The third-order valence-electron chi connectivity index (χ3n) is 4.75. The van der Waals surface area contributed by atoms with Gasteiger partial charge in [0.25, 0.3) is 0 Å². The van der Waals surface area contributed by atoms with E-state index in [2.05, 4.69) is 9.84 Å². The van der Waals surface area contributed by atoms with E-state index in [1.54, 1.807) is 15.8 Å². The van der Waals surface area contributed by atoms with E-state index in [4.69, 9.17) is 4.74 Å². The van der Waals surface area contributed by atoms with Gasteiger partial charge in [0.1, 0.15) is 11.4 Å². The molecule has 1 aromatic carbocycles. The molecule has 2 aromatic rings. The number of nitriles is 1. The molecule has 2 heterocycles. The first-order valence-corrected chi connectivity index (χ1v) is 9.77. The molecule has 0 radical (unpaired) electrons. The second-order valence-electron chi connectivity index (χ2n) is 8.27. The summed E-state index contributed by atoms with van der Waals surface area (Å²) in [6.07, 6.45) is -0.662. The number of carbonyl (C=O) groups excluding carboxylic acids is 1. The lowest BCUT2D eigenvalue weighted by atomic mass is 10.0. The van der Waals surface area contributed by atoms with E-state index in [9.17, 15) is 23.2 Å². The average Bonchev–Trinajstić information content (AvgIpc) is 3.15. The van der Waals surface area contributed by atoms with Crippen LogP contribution in [0.2, 0.25) is 0 Å². The van der Waals surface area contributed by atoms with Crippen LogP contribution >= 0.6 is 0 Å². The highest BCUT2D eigenvalue weighted by Crippen LogP contribution is 2.32. The lowest BCUT2D eigenvalue weighted by Crippen LogP contribution is -2.42. The van der Waals surface area contributed by atoms with Crippen molar-refractivity contribution in [3.63, 3.8) is 0 Å². The molecule has 0 atom stereocenters. The number of hydrogen-bond donors (Lipinski definition) is 0. The molecule has 1 aliphatic rings. The van der Waals surface area contributed by atoms with Crippen molar-refractivity contribution in [2.45, 2.75) is 51.6 Å². The molecule has 31 heavy (non-hydrogen) atoms. The van der Waals surface area contributed by atoms with Gasteiger partial charge >= 0.3 is 12.5 Å². The summed E-state index contributed by atoms with van der Waals surface area (Å²) in [7, 11) is 0. The SMILES string of the molecule is CC(C)(C)OC(=O)N1CCC(n2cc(-c3cc(OC(F)(F)F)ccc3C#N)cn2)CC1. The van der Waals surface area contributed by atoms with Gasteiger partial charge in [-0.1, -0.05) is 0 Å². The molecule has 0 aliphatic carbocycles. The van der Waals surface area contributed by atoms with Gasteiger partial charge in [0.05, 0.1) is 23.9 Å². The van der Waals surface area contributed by atoms with Crippen molar-refractivity contribution in [1.29, 1.82) is 5.26 Å². The van der Waals surface area contributed by atoms with E-state index in [1.165, 1.54) is 18.3 Å². The average molecular weight is 436 g/mol. The van der Waals surface area contributed by atoms with Crippen LogP contribution in [-0.4, -0.2) is 45.8 Å². The summed E-state index contributed by atoms with van der Waals surface area (Å²) < 4.78 is 48.7. The zero-order valence-corrected chi connectivity index (χ0v) is 17.4. The molecular formula is C21H23F3N4O3. The van der Waals surface area contributed by atoms with Crippen molar-refractivity contribution >= 4 is 6.09 Å². The first-order valence-electron chi connectivity index (χ1n) is 9.77. The largest absolute Gasteiger partial charge is 0.573 e. The number of carbonyl (C=O) groups is 1. The predicted octanol–water partition coefficient (Wildman–Crippen LogP) is 4.89. The molecule has 166 valence electrons. The van der Waals surface area contributed by atoms with Crippen molar-refractivity contribution < 1.29 is 27.4 Å². The number of nitrogens with zero attached hydrogens (tertiary/aromatic N) is 4. The molecule has 7 nitrogen and oxygen atoms in total. The summed E-state index contributed by atoms with van der Waals surface area (Å²) in [4.78, 5) is 13.9. The molecule has 0 spiro atoms. The highest BCUT2D eigenvalue weighted by atomic mass is 19.4. The van der Waals surface area contributed by atoms with E-state index in [0.717, 1.165) is 6.07 Å². The summed E-state index contributed by atoms with van der Waals surface area (Å²) in [6, 6.07) is 5.57. The Morgan fingerprint density at radius 1 is 1.23 bits per heavy atom. The summed E-state index contributed by atoms with van der Waals surface area (Å²) in [5, 5.41) is 13.7. The molecule has 0 saturated carbocycles. The Labute approximate surface area is 178 Å². The van der Waals surface area contributed by atoms with Crippen molar-refractivity contribution in [1.82, 2.24) is 14.7 Å². The Morgan fingerprint density at radius 2 is 1.90 bits per heavy atom. The maximum absolute atomic E-state index is 12.5. The standard InChI is InChI=1S/C21H23F3N4O3/c1-20(2,3)31-19(29)27-8-6-16(7-9-27)28-13-15(12-26-28)18-10-17(30-21(22,23)24)5-4-14(18)11-25/h4-5,10,12-13,16H,6-9H2,1-3H3. The second kappa shape index (κ2) is 8.49. The number of aromatic nitrogens is 2. The van der Waals surface area contributed by atoms with E-state index in [1.807, 2.05) is 26.8 Å². The number of likely N-dealkylation sites (tertiary alicyclic amines) is 1. The minimum Gasteiger partial charge on any atom is -0.444 e. The number of rotatable bonds is 3. The van der Waals surface area contributed by atoms with E-state index >= 15 is 0 Å². The van der Waals surface area contributed by atoms with E-state index < -0.39 is 17.7 Å². The minimum absolute atomic E-state index is 0.0209. The fourth-order valence-corrected chi connectivity index (χ4v) is 3.37. The zero-order valence-electron chi connectivity index (χ0n) is 17.4. The summed E-state index contributed by atoms with van der Waals surface area (Å²) in [5.74, 6) is -0.403. The molecule has 10 heteroatoms. The molecule has 1 aliphatic heterocycles. The first kappa shape index (κ1) is 22.5. The van der Waals surface area contributed by atoms with Crippen LogP contribution in [0.4, 0.5) is 18.0 Å². The van der Waals surface area contributed by atoms with Crippen LogP contribution in [0.25, 0.3) is 11.1 Å². The fourth-order valence-electron chi connectivity index (χ4n) is 3.37. The number of alkyl halides is 3. The van der Waals surface area contributed by atoms with E-state index in [-0.39, 0.29) is 17.7 Å². The Balaban J connectivity index is 1.72. The van der Waals surface area contributed by atoms with Gasteiger partial charge in [0.15, 0.2) is 0 Å². The van der Waals surface area contributed by atoms with Gasteiger partial charge in [0.2, 0.25) is 0 Å². The number of amides is 1. The summed E-state index contributed by atoms with van der Waals surface area (Å²) in [6.45, 7) is 6.45. The smallest absolute Gasteiger partial charge is 0.444 e. The first-order chi connectivity index (χ1) is 14.4. The second-order valence-corrected chi connectivity index (χ2v) is 8.27. The van der Waals surface area contributed by atoms with Gasteiger partial charge in [-0.2, -0.15) is 10.4 Å². The van der Waals surface area contributed by atoms with Gasteiger partial charge in [-0.25, -0.2) is 4.79 Å². The van der Waals surface area contributed by atoms with Crippen LogP contribution < -0.4 is 4.74 Å². The number of benzene rings is 1. The Morgan fingerprint density at radius 3 is 2.48 bits per heavy atom. The number of piperidine rings is 1. The van der Waals surface area contributed by atoms with Crippen LogP contribution in [0.3, 0.4) is 0 Å². The summed E-state index contributed by atoms with van der Waals surface area (Å²) >= 11 is 0. The summed E-state index contributed by atoms with van der Waals surface area (Å²) in [5.41, 5.74) is 0.474. The maximum atomic E-state index is 12.5. The normalized spacial score (nSPS) is 15.5. The van der Waals surface area contributed by atoms with Crippen LogP contribution in [0.15, 0.2) is 30.6 Å². The maximum Gasteiger partial charge on any atom is 0.573 e. The topological polar surface area (TPSA) is 80.4 Å². The molecule has 1 saturated heterocycles. The van der Waals surface area contributed by atoms with E-state index in [0.29, 0.717) is 37.1 Å². The third kappa shape index (κ3) is 5.90. The van der Waals surface area contributed by atoms with Crippen molar-refractivity contribution in [3.8, 4) is 22.9 Å². The Hall–Kier alpha value is -3.22. The van der Waals surface area contributed by atoms with Crippen LogP contribution in [0.5, 0.6) is 5.75 Å². The molecule has 0 N–H and O–H groups in total.